The zero-order chi connectivity index (χ0) is 7.68. The Balaban J connectivity index is 1.93. The molecule has 2 aliphatic carbocycles. The Bertz CT molecular complexity index is 133. The van der Waals surface area contributed by atoms with Crippen LogP contribution in [0.3, 0.4) is 0 Å². The van der Waals surface area contributed by atoms with E-state index in [1.165, 1.54) is 44.9 Å². The fourth-order valence-corrected chi connectivity index (χ4v) is 2.91. The van der Waals surface area contributed by atoms with E-state index in [1.807, 2.05) is 0 Å². The van der Waals surface area contributed by atoms with Crippen molar-refractivity contribution in [3.63, 3.8) is 0 Å². The van der Waals surface area contributed by atoms with Crippen LogP contribution in [0, 0.1) is 11.8 Å². The monoisotopic (exact) mass is 148 g/mol. The smallest absolute Gasteiger partial charge is 0.0699 e. The van der Waals surface area contributed by atoms with E-state index in [0.717, 1.165) is 11.8 Å². The van der Waals surface area contributed by atoms with Crippen LogP contribution in [0.25, 0.3) is 0 Å². The number of hydrogen-bond acceptors (Lipinski definition) is 0. The lowest BCUT2D eigenvalue weighted by atomic mass is 9.62. The molecule has 60 valence electrons. The molecule has 0 aromatic carbocycles. The molecule has 3 atom stereocenters. The van der Waals surface area contributed by atoms with Gasteiger partial charge in [0.25, 0.3) is 0 Å². The molecule has 0 N–H and O–H groups in total. The van der Waals surface area contributed by atoms with Gasteiger partial charge >= 0.3 is 0 Å². The minimum Gasteiger partial charge on any atom is -0.0771 e. The van der Waals surface area contributed by atoms with Crippen molar-refractivity contribution in [3.05, 3.63) is 0 Å². The average Bonchev–Trinajstić information content (AvgIpc) is 2.04. The Morgan fingerprint density at radius 3 is 2.36 bits per heavy atom. The highest BCUT2D eigenvalue weighted by Crippen LogP contribution is 2.43. The third-order valence-corrected chi connectivity index (χ3v) is 3.58. The second kappa shape index (κ2) is 3.20. The summed E-state index contributed by atoms with van der Waals surface area (Å²) in [6.07, 6.45) is 9.96. The van der Waals surface area contributed by atoms with Crippen LogP contribution >= 0.6 is 0 Å². The van der Waals surface area contributed by atoms with E-state index in [2.05, 4.69) is 0 Å². The Hall–Kier alpha value is 0.0649. The quantitative estimate of drug-likeness (QED) is 0.463. The van der Waals surface area contributed by atoms with Crippen LogP contribution < -0.4 is 0 Å². The minimum atomic E-state index is 0.536. The van der Waals surface area contributed by atoms with Crippen molar-refractivity contribution in [2.45, 2.75) is 50.8 Å². The van der Waals surface area contributed by atoms with Gasteiger partial charge in [-0.1, -0.05) is 50.8 Å². The van der Waals surface area contributed by atoms with Crippen molar-refractivity contribution in [2.75, 3.05) is 0 Å². The van der Waals surface area contributed by atoms with Crippen LogP contribution in [-0.2, 0) is 0 Å². The minimum absolute atomic E-state index is 0.536. The van der Waals surface area contributed by atoms with E-state index >= 15 is 0 Å². The van der Waals surface area contributed by atoms with Crippen LogP contribution in [0.15, 0.2) is 0 Å². The van der Waals surface area contributed by atoms with Crippen LogP contribution in [-0.4, -0.2) is 7.85 Å². The Kier molecular flexibility index (Phi) is 2.24. The SMILES string of the molecule is [B]C1CCC2CCCCC2C1. The largest absolute Gasteiger partial charge is 0.0771 e. The Morgan fingerprint density at radius 2 is 1.55 bits per heavy atom. The van der Waals surface area contributed by atoms with Gasteiger partial charge in [-0.05, 0) is 11.8 Å². The molecule has 0 aromatic rings. The summed E-state index contributed by atoms with van der Waals surface area (Å²) in [5.74, 6) is 2.60. The van der Waals surface area contributed by atoms with Crippen molar-refractivity contribution in [2.24, 2.45) is 11.8 Å². The molecule has 3 unspecified atom stereocenters. The van der Waals surface area contributed by atoms with Crippen molar-refractivity contribution in [1.29, 1.82) is 0 Å². The molecule has 2 aliphatic rings. The van der Waals surface area contributed by atoms with Crippen molar-refractivity contribution in [3.8, 4) is 0 Å². The van der Waals surface area contributed by atoms with Gasteiger partial charge in [-0.3, -0.25) is 0 Å². The van der Waals surface area contributed by atoms with E-state index in [9.17, 15) is 0 Å². The van der Waals surface area contributed by atoms with Crippen LogP contribution in [0.5, 0.6) is 0 Å². The lowest BCUT2D eigenvalue weighted by Gasteiger charge is -2.38. The molecular weight excluding hydrogens is 131 g/mol. The molecule has 0 aliphatic heterocycles. The van der Waals surface area contributed by atoms with E-state index in [4.69, 9.17) is 7.85 Å². The van der Waals surface area contributed by atoms with Crippen LogP contribution in [0.4, 0.5) is 0 Å². The zero-order valence-corrected chi connectivity index (χ0v) is 7.26. The van der Waals surface area contributed by atoms with Gasteiger partial charge in [0.15, 0.2) is 0 Å². The van der Waals surface area contributed by atoms with Gasteiger partial charge in [-0.15, -0.1) is 0 Å². The van der Waals surface area contributed by atoms with E-state index in [0.29, 0.717) is 5.82 Å². The molecule has 0 amide bonds. The van der Waals surface area contributed by atoms with Crippen molar-refractivity contribution >= 4 is 7.85 Å². The molecule has 0 aromatic heterocycles. The Labute approximate surface area is 71.2 Å². The summed E-state index contributed by atoms with van der Waals surface area (Å²) in [6, 6.07) is 0. The first-order chi connectivity index (χ1) is 5.36. The first kappa shape index (κ1) is 7.70. The lowest BCUT2D eigenvalue weighted by Crippen LogP contribution is -2.25. The zero-order valence-electron chi connectivity index (χ0n) is 7.26. The second-order valence-electron chi connectivity index (χ2n) is 4.38. The molecule has 2 rings (SSSR count). The highest BCUT2D eigenvalue weighted by molar-refractivity contribution is 6.11. The molecule has 2 fully saturated rings. The van der Waals surface area contributed by atoms with E-state index < -0.39 is 0 Å². The third-order valence-electron chi connectivity index (χ3n) is 3.58. The van der Waals surface area contributed by atoms with Gasteiger partial charge in [0, 0.05) is 0 Å². The summed E-state index contributed by atoms with van der Waals surface area (Å²) >= 11 is 0. The number of hydrogen-bond donors (Lipinski definition) is 0. The number of rotatable bonds is 0. The summed E-state index contributed by atoms with van der Waals surface area (Å²) in [5.41, 5.74) is 0. The van der Waals surface area contributed by atoms with Crippen LogP contribution in [0.1, 0.15) is 44.9 Å². The highest BCUT2D eigenvalue weighted by atomic mass is 14.3. The second-order valence-corrected chi connectivity index (χ2v) is 4.38. The van der Waals surface area contributed by atoms with Crippen molar-refractivity contribution < 1.29 is 0 Å². The predicted octanol–water partition coefficient (Wildman–Crippen LogP) is 2.93. The number of fused-ring (bicyclic) bond motifs is 1. The predicted molar refractivity (Wildman–Crippen MR) is 48.8 cm³/mol. The molecule has 11 heavy (non-hydrogen) atoms. The first-order valence-corrected chi connectivity index (χ1v) is 5.12. The van der Waals surface area contributed by atoms with Gasteiger partial charge in [0.1, 0.15) is 0 Å². The van der Waals surface area contributed by atoms with Gasteiger partial charge in [0.2, 0.25) is 0 Å². The maximum absolute atomic E-state index is 5.94. The van der Waals surface area contributed by atoms with E-state index in [-0.39, 0.29) is 0 Å². The molecule has 0 heterocycles. The molecular formula is C10H17B. The molecule has 0 nitrogen and oxygen atoms in total. The molecule has 0 spiro atoms. The van der Waals surface area contributed by atoms with Gasteiger partial charge in [-0.2, -0.15) is 0 Å². The topological polar surface area (TPSA) is 0 Å². The fourth-order valence-electron chi connectivity index (χ4n) is 2.91. The summed E-state index contributed by atoms with van der Waals surface area (Å²) in [6.45, 7) is 0. The summed E-state index contributed by atoms with van der Waals surface area (Å²) in [7, 11) is 5.94. The van der Waals surface area contributed by atoms with Gasteiger partial charge in [-0.25, -0.2) is 0 Å². The van der Waals surface area contributed by atoms with Gasteiger partial charge in [0.05, 0.1) is 7.85 Å². The Morgan fingerprint density at radius 1 is 0.818 bits per heavy atom. The molecule has 0 bridgehead atoms. The molecule has 2 radical (unpaired) electrons. The maximum atomic E-state index is 5.94. The third kappa shape index (κ3) is 1.63. The lowest BCUT2D eigenvalue weighted by molar-refractivity contribution is 0.172. The van der Waals surface area contributed by atoms with Gasteiger partial charge < -0.3 is 0 Å². The standard InChI is InChI=1S/C10H17B/c11-10-6-5-8-3-1-2-4-9(8)7-10/h8-10H,1-7H2. The maximum Gasteiger partial charge on any atom is 0.0699 e. The molecule has 0 saturated heterocycles. The average molecular weight is 148 g/mol. The fraction of sp³-hybridized carbons (Fsp3) is 1.00. The first-order valence-electron chi connectivity index (χ1n) is 5.12. The van der Waals surface area contributed by atoms with Crippen LogP contribution in [0.2, 0.25) is 5.82 Å². The summed E-state index contributed by atoms with van der Waals surface area (Å²) in [4.78, 5) is 0. The summed E-state index contributed by atoms with van der Waals surface area (Å²) < 4.78 is 0. The highest BCUT2D eigenvalue weighted by Gasteiger charge is 2.29. The normalized spacial score (nSPS) is 44.9. The molecule has 2 saturated carbocycles. The molecule has 1 heteroatoms. The summed E-state index contributed by atoms with van der Waals surface area (Å²) in [5, 5.41) is 0. The van der Waals surface area contributed by atoms with E-state index in [1.54, 1.807) is 0 Å². The van der Waals surface area contributed by atoms with Crippen molar-refractivity contribution in [1.82, 2.24) is 0 Å².